The molecule has 108 valence electrons. The second-order valence-electron chi connectivity index (χ2n) is 5.13. The van der Waals surface area contributed by atoms with Crippen molar-refractivity contribution in [3.63, 3.8) is 0 Å². The Balaban J connectivity index is 1.74. The van der Waals surface area contributed by atoms with Gasteiger partial charge in [-0.05, 0) is 12.5 Å². The molecule has 0 saturated carbocycles. The van der Waals surface area contributed by atoms with Crippen molar-refractivity contribution in [1.29, 1.82) is 0 Å². The van der Waals surface area contributed by atoms with E-state index in [9.17, 15) is 0 Å². The summed E-state index contributed by atoms with van der Waals surface area (Å²) in [4.78, 5) is 6.97. The van der Waals surface area contributed by atoms with Gasteiger partial charge in [-0.1, -0.05) is 6.92 Å². The molecule has 1 fully saturated rings. The van der Waals surface area contributed by atoms with E-state index in [2.05, 4.69) is 21.4 Å². The molecule has 3 rings (SSSR count). The van der Waals surface area contributed by atoms with Gasteiger partial charge in [0.2, 0.25) is 0 Å². The van der Waals surface area contributed by atoms with E-state index < -0.39 is 0 Å². The average Bonchev–Trinajstić information content (AvgIpc) is 3.16. The summed E-state index contributed by atoms with van der Waals surface area (Å²) in [6.45, 7) is 6.93. The molecular weight excluding hydrogens is 254 g/mol. The van der Waals surface area contributed by atoms with Gasteiger partial charge in [-0.2, -0.15) is 0 Å². The van der Waals surface area contributed by atoms with Crippen LogP contribution in [0, 0.1) is 0 Å². The lowest BCUT2D eigenvalue weighted by Crippen LogP contribution is -2.45. The zero-order valence-electron chi connectivity index (χ0n) is 11.9. The van der Waals surface area contributed by atoms with E-state index in [1.54, 1.807) is 12.5 Å². The quantitative estimate of drug-likeness (QED) is 0.839. The van der Waals surface area contributed by atoms with Crippen LogP contribution in [0.3, 0.4) is 0 Å². The van der Waals surface area contributed by atoms with Gasteiger partial charge in [0.05, 0.1) is 25.0 Å². The molecule has 5 nitrogen and oxygen atoms in total. The van der Waals surface area contributed by atoms with Crippen LogP contribution in [0.15, 0.2) is 35.4 Å². The Morgan fingerprint density at radius 2 is 2.20 bits per heavy atom. The van der Waals surface area contributed by atoms with E-state index in [-0.39, 0.29) is 0 Å². The summed E-state index contributed by atoms with van der Waals surface area (Å²) in [5.41, 5.74) is 1.03. The average molecular weight is 275 g/mol. The molecule has 0 radical (unpaired) electrons. The molecule has 1 saturated heterocycles. The number of ether oxygens (including phenoxy) is 1. The van der Waals surface area contributed by atoms with Gasteiger partial charge in [0.15, 0.2) is 0 Å². The summed E-state index contributed by atoms with van der Waals surface area (Å²) in [6.07, 6.45) is 8.46. The van der Waals surface area contributed by atoms with Crippen molar-refractivity contribution in [2.24, 2.45) is 0 Å². The standard InChI is InChI=1S/C15H21N3O2/c1-2-14(17-6-9-19-10-7-17)11-18-5-4-16-15(18)13-3-8-20-12-13/h3-5,8,12,14H,2,6-7,9-11H2,1H3/t14-/m1/s1. The molecule has 0 bridgehead atoms. The number of hydrogen-bond acceptors (Lipinski definition) is 4. The van der Waals surface area contributed by atoms with E-state index in [1.807, 2.05) is 18.5 Å². The van der Waals surface area contributed by atoms with Crippen molar-refractivity contribution < 1.29 is 9.15 Å². The van der Waals surface area contributed by atoms with E-state index in [0.717, 1.165) is 50.7 Å². The van der Waals surface area contributed by atoms with Gasteiger partial charge in [0.25, 0.3) is 0 Å². The highest BCUT2D eigenvalue weighted by atomic mass is 16.5. The van der Waals surface area contributed by atoms with Crippen LogP contribution in [0.2, 0.25) is 0 Å². The number of hydrogen-bond donors (Lipinski definition) is 0. The highest BCUT2D eigenvalue weighted by molar-refractivity contribution is 5.53. The minimum absolute atomic E-state index is 0.527. The van der Waals surface area contributed by atoms with Crippen LogP contribution in [0.1, 0.15) is 13.3 Å². The summed E-state index contributed by atoms with van der Waals surface area (Å²) in [5.74, 6) is 0.977. The fourth-order valence-corrected chi connectivity index (χ4v) is 2.78. The number of morpholine rings is 1. The number of nitrogens with zero attached hydrogens (tertiary/aromatic N) is 3. The Morgan fingerprint density at radius 1 is 1.35 bits per heavy atom. The summed E-state index contributed by atoms with van der Waals surface area (Å²) < 4.78 is 12.8. The van der Waals surface area contributed by atoms with Crippen LogP contribution in [0.4, 0.5) is 0 Å². The molecule has 1 atom stereocenters. The summed E-state index contributed by atoms with van der Waals surface area (Å²) in [7, 11) is 0. The number of furan rings is 1. The van der Waals surface area contributed by atoms with Gasteiger partial charge < -0.3 is 13.7 Å². The molecule has 0 spiro atoms. The van der Waals surface area contributed by atoms with Crippen LogP contribution < -0.4 is 0 Å². The van der Waals surface area contributed by atoms with Crippen molar-refractivity contribution in [1.82, 2.24) is 14.5 Å². The second-order valence-corrected chi connectivity index (χ2v) is 5.13. The predicted molar refractivity (Wildman–Crippen MR) is 76.4 cm³/mol. The molecule has 0 aromatic carbocycles. The molecule has 2 aromatic heterocycles. The number of aromatic nitrogens is 2. The van der Waals surface area contributed by atoms with Gasteiger partial charge >= 0.3 is 0 Å². The number of imidazole rings is 1. The Hall–Kier alpha value is -1.59. The van der Waals surface area contributed by atoms with Gasteiger partial charge in [-0.3, -0.25) is 4.90 Å². The maximum Gasteiger partial charge on any atom is 0.143 e. The maximum atomic E-state index is 5.44. The van der Waals surface area contributed by atoms with E-state index in [0.29, 0.717) is 6.04 Å². The van der Waals surface area contributed by atoms with Gasteiger partial charge in [-0.15, -0.1) is 0 Å². The topological polar surface area (TPSA) is 43.4 Å². The normalized spacial score (nSPS) is 18.2. The third kappa shape index (κ3) is 2.78. The lowest BCUT2D eigenvalue weighted by Gasteiger charge is -2.34. The minimum atomic E-state index is 0.527. The predicted octanol–water partition coefficient (Wildman–Crippen LogP) is 2.25. The molecule has 0 amide bonds. The molecule has 0 N–H and O–H groups in total. The first-order chi connectivity index (χ1) is 9.88. The molecular formula is C15H21N3O2. The first-order valence-electron chi connectivity index (χ1n) is 7.24. The Kier molecular flexibility index (Phi) is 4.18. The lowest BCUT2D eigenvalue weighted by molar-refractivity contribution is 0.0122. The minimum Gasteiger partial charge on any atom is -0.472 e. The monoisotopic (exact) mass is 275 g/mol. The molecule has 0 unspecified atom stereocenters. The first kappa shape index (κ1) is 13.4. The highest BCUT2D eigenvalue weighted by Crippen LogP contribution is 2.19. The highest BCUT2D eigenvalue weighted by Gasteiger charge is 2.21. The van der Waals surface area contributed by atoms with Crippen molar-refractivity contribution in [3.8, 4) is 11.4 Å². The van der Waals surface area contributed by atoms with E-state index >= 15 is 0 Å². The van der Waals surface area contributed by atoms with Crippen molar-refractivity contribution >= 4 is 0 Å². The Labute approximate surface area is 119 Å². The van der Waals surface area contributed by atoms with Crippen LogP contribution in [0.5, 0.6) is 0 Å². The molecule has 0 aliphatic carbocycles. The smallest absolute Gasteiger partial charge is 0.143 e. The van der Waals surface area contributed by atoms with Crippen LogP contribution in [0.25, 0.3) is 11.4 Å². The fourth-order valence-electron chi connectivity index (χ4n) is 2.78. The van der Waals surface area contributed by atoms with Crippen molar-refractivity contribution in [2.45, 2.75) is 25.9 Å². The molecule has 20 heavy (non-hydrogen) atoms. The zero-order chi connectivity index (χ0) is 13.8. The zero-order valence-corrected chi connectivity index (χ0v) is 11.9. The maximum absolute atomic E-state index is 5.44. The number of rotatable bonds is 5. The summed E-state index contributed by atoms with van der Waals surface area (Å²) in [6, 6.07) is 2.48. The van der Waals surface area contributed by atoms with Gasteiger partial charge in [-0.25, -0.2) is 4.98 Å². The van der Waals surface area contributed by atoms with Crippen LogP contribution in [-0.4, -0.2) is 46.8 Å². The SMILES string of the molecule is CC[C@H](Cn1ccnc1-c1ccoc1)N1CCOCC1. The Bertz CT molecular complexity index is 515. The fraction of sp³-hybridized carbons (Fsp3) is 0.533. The second kappa shape index (κ2) is 6.24. The summed E-state index contributed by atoms with van der Waals surface area (Å²) in [5, 5.41) is 0. The van der Waals surface area contributed by atoms with Crippen molar-refractivity contribution in [2.75, 3.05) is 26.3 Å². The van der Waals surface area contributed by atoms with E-state index in [4.69, 9.17) is 9.15 Å². The summed E-state index contributed by atoms with van der Waals surface area (Å²) >= 11 is 0. The molecule has 2 aromatic rings. The molecule has 5 heteroatoms. The van der Waals surface area contributed by atoms with Crippen molar-refractivity contribution in [3.05, 3.63) is 31.0 Å². The first-order valence-corrected chi connectivity index (χ1v) is 7.24. The van der Waals surface area contributed by atoms with Gasteiger partial charge in [0.1, 0.15) is 12.1 Å². The third-order valence-electron chi connectivity index (χ3n) is 3.94. The third-order valence-corrected chi connectivity index (χ3v) is 3.94. The van der Waals surface area contributed by atoms with Crippen LogP contribution >= 0.6 is 0 Å². The molecule has 1 aliphatic rings. The lowest BCUT2D eigenvalue weighted by atomic mass is 10.1. The Morgan fingerprint density at radius 3 is 2.90 bits per heavy atom. The molecule has 3 heterocycles. The van der Waals surface area contributed by atoms with Gasteiger partial charge in [0, 0.05) is 38.1 Å². The molecule has 1 aliphatic heterocycles. The van der Waals surface area contributed by atoms with E-state index in [1.165, 1.54) is 0 Å². The largest absolute Gasteiger partial charge is 0.472 e. The van der Waals surface area contributed by atoms with Crippen LogP contribution in [-0.2, 0) is 11.3 Å².